The molecular weight excluding hydrogens is 294 g/mol. The fourth-order valence-corrected chi connectivity index (χ4v) is 4.14. The lowest BCUT2D eigenvalue weighted by Crippen LogP contribution is -2.27. The van der Waals surface area contributed by atoms with Crippen molar-refractivity contribution in [2.75, 3.05) is 0 Å². The van der Waals surface area contributed by atoms with Gasteiger partial charge < -0.3 is 10.7 Å². The van der Waals surface area contributed by atoms with Crippen LogP contribution in [0.3, 0.4) is 0 Å². The first kappa shape index (κ1) is 15.2. The predicted molar refractivity (Wildman–Crippen MR) is 81.0 cm³/mol. The van der Waals surface area contributed by atoms with Gasteiger partial charge in [0.15, 0.2) is 0 Å². The molecule has 0 saturated carbocycles. The van der Waals surface area contributed by atoms with Crippen LogP contribution in [-0.4, -0.2) is 13.4 Å². The van der Waals surface area contributed by atoms with Gasteiger partial charge in [-0.25, -0.2) is 13.1 Å². The lowest BCUT2D eigenvalue weighted by molar-refractivity contribution is 0.540. The van der Waals surface area contributed by atoms with E-state index in [0.717, 1.165) is 17.7 Å². The summed E-state index contributed by atoms with van der Waals surface area (Å²) in [5.74, 6) is 0. The van der Waals surface area contributed by atoms with E-state index >= 15 is 0 Å². The van der Waals surface area contributed by atoms with Crippen molar-refractivity contribution in [1.29, 1.82) is 0 Å². The van der Waals surface area contributed by atoms with E-state index in [1.54, 1.807) is 17.4 Å². The molecule has 7 heteroatoms. The molecule has 2 aromatic rings. The van der Waals surface area contributed by atoms with Crippen LogP contribution in [0.1, 0.15) is 36.4 Å². The van der Waals surface area contributed by atoms with Gasteiger partial charge in [0, 0.05) is 23.3 Å². The summed E-state index contributed by atoms with van der Waals surface area (Å²) in [6.07, 6.45) is 3.15. The molecule has 20 heavy (non-hydrogen) atoms. The Balaban J connectivity index is 2.20. The Morgan fingerprint density at radius 3 is 2.85 bits per heavy atom. The van der Waals surface area contributed by atoms with Gasteiger partial charge in [0.25, 0.3) is 0 Å². The summed E-state index contributed by atoms with van der Waals surface area (Å²) in [7, 11) is -3.53. The summed E-state index contributed by atoms with van der Waals surface area (Å²) >= 11 is 1.56. The van der Waals surface area contributed by atoms with E-state index in [1.807, 2.05) is 24.4 Å². The van der Waals surface area contributed by atoms with Gasteiger partial charge >= 0.3 is 0 Å². The Morgan fingerprint density at radius 1 is 1.50 bits per heavy atom. The van der Waals surface area contributed by atoms with E-state index in [9.17, 15) is 8.42 Å². The van der Waals surface area contributed by atoms with Crippen molar-refractivity contribution in [2.24, 2.45) is 5.73 Å². The zero-order valence-electron chi connectivity index (χ0n) is 11.3. The fraction of sp³-hybridized carbons (Fsp3) is 0.385. The molecule has 0 aliphatic heterocycles. The number of hydrogen-bond donors (Lipinski definition) is 3. The lowest BCUT2D eigenvalue weighted by Gasteiger charge is -2.16. The molecule has 0 radical (unpaired) electrons. The number of rotatable bonds is 7. The quantitative estimate of drug-likeness (QED) is 0.733. The van der Waals surface area contributed by atoms with Gasteiger partial charge in [-0.1, -0.05) is 19.4 Å². The predicted octanol–water partition coefficient (Wildman–Crippen LogP) is 2.35. The SMILES string of the molecule is CCCC(NS(=O)(=O)c1c[nH]c(CN)c1)c1cccs1. The van der Waals surface area contributed by atoms with E-state index < -0.39 is 10.0 Å². The molecule has 0 bridgehead atoms. The van der Waals surface area contributed by atoms with Crippen molar-refractivity contribution in [3.63, 3.8) is 0 Å². The van der Waals surface area contributed by atoms with Crippen LogP contribution in [0.2, 0.25) is 0 Å². The van der Waals surface area contributed by atoms with Crippen molar-refractivity contribution < 1.29 is 8.42 Å². The average Bonchev–Trinajstić information content (AvgIpc) is 3.09. The molecule has 2 rings (SSSR count). The number of nitrogens with one attached hydrogen (secondary N) is 2. The molecule has 0 amide bonds. The zero-order chi connectivity index (χ0) is 14.6. The van der Waals surface area contributed by atoms with Gasteiger partial charge in [-0.3, -0.25) is 0 Å². The average molecular weight is 313 g/mol. The molecule has 110 valence electrons. The van der Waals surface area contributed by atoms with Crippen LogP contribution in [0, 0.1) is 0 Å². The zero-order valence-corrected chi connectivity index (χ0v) is 12.9. The second-order valence-electron chi connectivity index (χ2n) is 4.54. The Labute approximate surface area is 123 Å². The normalized spacial score (nSPS) is 13.5. The number of sulfonamides is 1. The molecule has 5 nitrogen and oxygen atoms in total. The van der Waals surface area contributed by atoms with Crippen LogP contribution < -0.4 is 10.5 Å². The Bertz CT molecular complexity index is 632. The highest BCUT2D eigenvalue weighted by molar-refractivity contribution is 7.89. The van der Waals surface area contributed by atoms with E-state index in [2.05, 4.69) is 9.71 Å². The molecule has 0 aliphatic carbocycles. The Morgan fingerprint density at radius 2 is 2.30 bits per heavy atom. The first-order chi connectivity index (χ1) is 9.56. The number of H-pyrrole nitrogens is 1. The second-order valence-corrected chi connectivity index (χ2v) is 7.24. The third-order valence-corrected chi connectivity index (χ3v) is 5.45. The van der Waals surface area contributed by atoms with Crippen molar-refractivity contribution >= 4 is 21.4 Å². The van der Waals surface area contributed by atoms with Gasteiger partial charge in [-0.05, 0) is 23.9 Å². The van der Waals surface area contributed by atoms with Gasteiger partial charge in [0.05, 0.1) is 10.9 Å². The van der Waals surface area contributed by atoms with Crippen LogP contribution in [0.4, 0.5) is 0 Å². The summed E-state index contributed by atoms with van der Waals surface area (Å²) in [6, 6.07) is 5.27. The molecule has 0 fully saturated rings. The summed E-state index contributed by atoms with van der Waals surface area (Å²) < 4.78 is 27.5. The molecule has 4 N–H and O–H groups in total. The number of nitrogens with two attached hydrogens (primary N) is 1. The minimum Gasteiger partial charge on any atom is -0.363 e. The van der Waals surface area contributed by atoms with Crippen LogP contribution in [0.5, 0.6) is 0 Å². The smallest absolute Gasteiger partial charge is 0.242 e. The Hall–Kier alpha value is -1.15. The largest absolute Gasteiger partial charge is 0.363 e. The minimum absolute atomic E-state index is 0.179. The summed E-state index contributed by atoms with van der Waals surface area (Å²) in [5, 5.41) is 1.95. The first-order valence-corrected chi connectivity index (χ1v) is 8.86. The van der Waals surface area contributed by atoms with Crippen molar-refractivity contribution in [3.8, 4) is 0 Å². The van der Waals surface area contributed by atoms with Crippen molar-refractivity contribution in [3.05, 3.63) is 40.3 Å². The third kappa shape index (κ3) is 3.49. The monoisotopic (exact) mass is 313 g/mol. The molecule has 1 unspecified atom stereocenters. The topological polar surface area (TPSA) is 88.0 Å². The number of hydrogen-bond acceptors (Lipinski definition) is 4. The Kier molecular flexibility index (Phi) is 4.98. The summed E-state index contributed by atoms with van der Waals surface area (Å²) in [4.78, 5) is 4.12. The molecule has 0 spiro atoms. The van der Waals surface area contributed by atoms with Gasteiger partial charge in [-0.2, -0.15) is 0 Å². The molecule has 0 aromatic carbocycles. The molecule has 0 saturated heterocycles. The number of aromatic nitrogens is 1. The fourth-order valence-electron chi connectivity index (χ4n) is 1.98. The molecule has 1 atom stereocenters. The number of thiophene rings is 1. The van der Waals surface area contributed by atoms with Crippen LogP contribution in [0.15, 0.2) is 34.7 Å². The lowest BCUT2D eigenvalue weighted by atomic mass is 10.1. The third-order valence-electron chi connectivity index (χ3n) is 3.01. The van der Waals surface area contributed by atoms with Gasteiger partial charge in [-0.15, -0.1) is 11.3 Å². The maximum Gasteiger partial charge on any atom is 0.242 e. The van der Waals surface area contributed by atoms with Gasteiger partial charge in [0.2, 0.25) is 10.0 Å². The van der Waals surface area contributed by atoms with Crippen LogP contribution in [-0.2, 0) is 16.6 Å². The summed E-state index contributed by atoms with van der Waals surface area (Å²) in [5.41, 5.74) is 6.19. The van der Waals surface area contributed by atoms with Crippen molar-refractivity contribution in [1.82, 2.24) is 9.71 Å². The van der Waals surface area contributed by atoms with E-state index in [1.165, 1.54) is 6.20 Å². The minimum atomic E-state index is -3.53. The standard InChI is InChI=1S/C13H19N3O2S2/c1-2-4-12(13-5-3-6-19-13)16-20(17,18)11-7-10(8-14)15-9-11/h3,5-7,9,12,15-16H,2,4,8,14H2,1H3. The van der Waals surface area contributed by atoms with Crippen LogP contribution in [0.25, 0.3) is 0 Å². The van der Waals surface area contributed by atoms with E-state index in [4.69, 9.17) is 5.73 Å². The molecule has 2 heterocycles. The molecular formula is C13H19N3O2S2. The van der Waals surface area contributed by atoms with E-state index in [0.29, 0.717) is 12.2 Å². The highest BCUT2D eigenvalue weighted by atomic mass is 32.2. The second kappa shape index (κ2) is 6.53. The highest BCUT2D eigenvalue weighted by Gasteiger charge is 2.22. The highest BCUT2D eigenvalue weighted by Crippen LogP contribution is 2.25. The number of aromatic amines is 1. The van der Waals surface area contributed by atoms with E-state index in [-0.39, 0.29) is 10.9 Å². The summed E-state index contributed by atoms with van der Waals surface area (Å²) in [6.45, 7) is 2.33. The van der Waals surface area contributed by atoms with Crippen molar-refractivity contribution in [2.45, 2.75) is 37.2 Å². The van der Waals surface area contributed by atoms with Crippen LogP contribution >= 0.6 is 11.3 Å². The molecule has 2 aromatic heterocycles. The molecule has 0 aliphatic rings. The van der Waals surface area contributed by atoms with Gasteiger partial charge in [0.1, 0.15) is 0 Å². The first-order valence-electron chi connectivity index (χ1n) is 6.50. The maximum atomic E-state index is 12.4. The maximum absolute atomic E-state index is 12.4.